The van der Waals surface area contributed by atoms with Gasteiger partial charge >= 0.3 is 0 Å². The van der Waals surface area contributed by atoms with E-state index in [0.717, 1.165) is 74.6 Å². The molecule has 3 aromatic carbocycles. The van der Waals surface area contributed by atoms with Gasteiger partial charge in [-0.05, 0) is 64.6 Å². The van der Waals surface area contributed by atoms with Gasteiger partial charge in [0.15, 0.2) is 0 Å². The van der Waals surface area contributed by atoms with Crippen LogP contribution in [0.3, 0.4) is 0 Å². The van der Waals surface area contributed by atoms with Crippen LogP contribution in [0, 0.1) is 6.07 Å². The number of nitrogens with zero attached hydrogens (tertiary/aromatic N) is 4. The maximum Gasteiger partial charge on any atom is 0.125 e. The van der Waals surface area contributed by atoms with Gasteiger partial charge < -0.3 is 14.7 Å². The molecule has 1 N–H and O–H groups in total. The van der Waals surface area contributed by atoms with Crippen LogP contribution >= 0.6 is 0 Å². The number of imidazole rings is 1. The number of benzene rings is 3. The van der Waals surface area contributed by atoms with E-state index in [-0.39, 0.29) is 26.8 Å². The molecule has 5 nitrogen and oxygen atoms in total. The number of aromatic nitrogens is 4. The van der Waals surface area contributed by atoms with E-state index in [9.17, 15) is 5.11 Å². The number of hydrogen-bond acceptors (Lipinski definition) is 4. The van der Waals surface area contributed by atoms with Crippen LogP contribution in [0.5, 0.6) is 5.75 Å². The van der Waals surface area contributed by atoms with Crippen molar-refractivity contribution in [3.63, 3.8) is 0 Å². The van der Waals surface area contributed by atoms with Gasteiger partial charge in [0.2, 0.25) is 0 Å². The van der Waals surface area contributed by atoms with Crippen LogP contribution in [-0.2, 0) is 33.9 Å². The number of rotatable bonds is 5. The van der Waals surface area contributed by atoms with Crippen LogP contribution in [0.1, 0.15) is 61.8 Å². The molecule has 1 aliphatic rings. The van der Waals surface area contributed by atoms with Crippen LogP contribution < -0.4 is 0 Å². The summed E-state index contributed by atoms with van der Waals surface area (Å²) in [5.41, 5.74) is 11.1. The summed E-state index contributed by atoms with van der Waals surface area (Å²) in [6.45, 7) is 8.96. The number of aromatic hydroxyl groups is 1. The Morgan fingerprint density at radius 3 is 2.30 bits per heavy atom. The predicted molar refractivity (Wildman–Crippen MR) is 169 cm³/mol. The van der Waals surface area contributed by atoms with Crippen molar-refractivity contribution >= 4 is 10.9 Å². The SMILES string of the molecule is CC(C)c1cccc(C(C)C)c1-n1cc(-c2ccc3c(n2)-c2c(O)cccc2CC3)nc1-c1ccnc2ccc[c-]c12.[Pt]. The second kappa shape index (κ2) is 11.5. The summed E-state index contributed by atoms with van der Waals surface area (Å²) in [5.74, 6) is 1.74. The van der Waals surface area contributed by atoms with Crippen LogP contribution in [0.25, 0.3) is 50.6 Å². The van der Waals surface area contributed by atoms with Crippen molar-refractivity contribution in [2.45, 2.75) is 52.4 Å². The zero-order chi connectivity index (χ0) is 29.0. The number of fused-ring (bicyclic) bond motifs is 4. The van der Waals surface area contributed by atoms with E-state index in [2.05, 4.69) is 85.9 Å². The van der Waals surface area contributed by atoms with Crippen LogP contribution in [0.4, 0.5) is 0 Å². The first-order valence-electron chi connectivity index (χ1n) is 14.7. The molecule has 1 aliphatic carbocycles. The average molecular weight is 745 g/mol. The standard InChI is InChI=1S/C37H33N4O.Pt/c1-22(2)26-11-8-12-27(23(3)4)36(26)41-21-32(40-37(41)29-19-20-38-30-13-6-5-10-28(29)30)31-18-17-25-16-15-24-9-7-14-33(42)34(24)35(25)39-31;/h5-9,11-14,17-23,42H,15-16H2,1-4H3;/q-1;. The van der Waals surface area contributed by atoms with Gasteiger partial charge in [0.25, 0.3) is 0 Å². The molecule has 218 valence electrons. The van der Waals surface area contributed by atoms with Crippen molar-refractivity contribution in [3.05, 3.63) is 114 Å². The largest absolute Gasteiger partial charge is 0.507 e. The van der Waals surface area contributed by atoms with Gasteiger partial charge in [-0.3, -0.25) is 0 Å². The average Bonchev–Trinajstić information content (AvgIpc) is 3.45. The minimum atomic E-state index is 0. The molecular formula is C37H33N4OPt-. The van der Waals surface area contributed by atoms with Crippen molar-refractivity contribution in [1.29, 1.82) is 0 Å². The predicted octanol–water partition coefficient (Wildman–Crippen LogP) is 8.67. The van der Waals surface area contributed by atoms with Gasteiger partial charge in [0, 0.05) is 39.0 Å². The summed E-state index contributed by atoms with van der Waals surface area (Å²) in [5, 5.41) is 11.7. The third-order valence-electron chi connectivity index (χ3n) is 8.36. The van der Waals surface area contributed by atoms with Gasteiger partial charge in [-0.25, -0.2) is 9.97 Å². The Morgan fingerprint density at radius 2 is 1.53 bits per heavy atom. The minimum absolute atomic E-state index is 0. The number of hydrogen-bond donors (Lipinski definition) is 1. The van der Waals surface area contributed by atoms with E-state index in [1.807, 2.05) is 36.5 Å². The van der Waals surface area contributed by atoms with Gasteiger partial charge in [-0.2, -0.15) is 0 Å². The van der Waals surface area contributed by atoms with Crippen LogP contribution in [0.2, 0.25) is 0 Å². The molecule has 43 heavy (non-hydrogen) atoms. The van der Waals surface area contributed by atoms with E-state index in [4.69, 9.17) is 9.97 Å². The first-order chi connectivity index (χ1) is 20.4. The van der Waals surface area contributed by atoms with Crippen molar-refractivity contribution < 1.29 is 26.2 Å². The number of phenols is 1. The van der Waals surface area contributed by atoms with Gasteiger partial charge in [-0.1, -0.05) is 75.7 Å². The summed E-state index contributed by atoms with van der Waals surface area (Å²) in [4.78, 5) is 15.0. The number of para-hydroxylation sites is 1. The first-order valence-corrected chi connectivity index (χ1v) is 14.7. The van der Waals surface area contributed by atoms with Gasteiger partial charge in [0.05, 0.1) is 17.1 Å². The van der Waals surface area contributed by atoms with Crippen LogP contribution in [0.15, 0.2) is 85.2 Å². The molecule has 0 bridgehead atoms. The molecule has 0 saturated heterocycles. The molecule has 7 rings (SSSR count). The number of pyridine rings is 2. The zero-order valence-corrected chi connectivity index (χ0v) is 27.0. The molecule has 0 aliphatic heterocycles. The zero-order valence-electron chi connectivity index (χ0n) is 24.7. The Labute approximate surface area is 267 Å². The number of phenolic OH excluding ortho intramolecular Hbond substituents is 1. The second-order valence-corrected chi connectivity index (χ2v) is 11.7. The van der Waals surface area contributed by atoms with Crippen molar-refractivity contribution in [3.8, 4) is 45.5 Å². The third kappa shape index (κ3) is 5.00. The van der Waals surface area contributed by atoms with Crippen molar-refractivity contribution in [1.82, 2.24) is 19.5 Å². The summed E-state index contributed by atoms with van der Waals surface area (Å²) in [6, 6.07) is 27.9. The quantitative estimate of drug-likeness (QED) is 0.180. The Bertz CT molecular complexity index is 1940. The fourth-order valence-electron chi connectivity index (χ4n) is 6.25. The van der Waals surface area contributed by atoms with Crippen LogP contribution in [-0.4, -0.2) is 24.6 Å². The maximum absolute atomic E-state index is 10.8. The molecule has 6 heteroatoms. The van der Waals surface area contributed by atoms with Gasteiger partial charge in [0.1, 0.15) is 17.3 Å². The monoisotopic (exact) mass is 744 g/mol. The molecule has 0 fully saturated rings. The fraction of sp³-hybridized carbons (Fsp3) is 0.216. The Hall–Kier alpha value is -4.08. The van der Waals surface area contributed by atoms with Crippen molar-refractivity contribution in [2.75, 3.05) is 0 Å². The Morgan fingerprint density at radius 1 is 0.791 bits per heavy atom. The number of aryl methyl sites for hydroxylation is 2. The van der Waals surface area contributed by atoms with E-state index in [1.54, 1.807) is 6.07 Å². The Balaban J connectivity index is 0.00000329. The van der Waals surface area contributed by atoms with Crippen molar-refractivity contribution in [2.24, 2.45) is 0 Å². The molecule has 3 aromatic heterocycles. The van der Waals surface area contributed by atoms with E-state index >= 15 is 0 Å². The summed E-state index contributed by atoms with van der Waals surface area (Å²) in [6.07, 6.45) is 5.77. The molecule has 0 spiro atoms. The molecule has 0 radical (unpaired) electrons. The molecule has 6 aromatic rings. The molecule has 0 saturated carbocycles. The van der Waals surface area contributed by atoms with E-state index in [0.29, 0.717) is 11.8 Å². The molecular weight excluding hydrogens is 712 g/mol. The maximum atomic E-state index is 10.8. The summed E-state index contributed by atoms with van der Waals surface area (Å²) < 4.78 is 2.25. The Kier molecular flexibility index (Phi) is 7.79. The van der Waals surface area contributed by atoms with E-state index < -0.39 is 0 Å². The topological polar surface area (TPSA) is 63.8 Å². The molecule has 3 heterocycles. The fourth-order valence-corrected chi connectivity index (χ4v) is 6.25. The first kappa shape index (κ1) is 29.0. The summed E-state index contributed by atoms with van der Waals surface area (Å²) >= 11 is 0. The summed E-state index contributed by atoms with van der Waals surface area (Å²) in [7, 11) is 0. The molecule has 0 amide bonds. The third-order valence-corrected chi connectivity index (χ3v) is 8.36. The minimum Gasteiger partial charge on any atom is -0.507 e. The van der Waals surface area contributed by atoms with Gasteiger partial charge in [-0.15, -0.1) is 29.7 Å². The normalized spacial score (nSPS) is 12.3. The second-order valence-electron chi connectivity index (χ2n) is 11.7. The van der Waals surface area contributed by atoms with E-state index in [1.165, 1.54) is 11.1 Å². The molecule has 0 unspecified atom stereocenters. The smallest absolute Gasteiger partial charge is 0.125 e. The molecule has 0 atom stereocenters.